The van der Waals surface area contributed by atoms with E-state index in [1.165, 1.54) is 56.9 Å². The second kappa shape index (κ2) is 7.82. The minimum atomic E-state index is 0.721. The van der Waals surface area contributed by atoms with Gasteiger partial charge in [-0.3, -0.25) is 0 Å². The van der Waals surface area contributed by atoms with Crippen molar-refractivity contribution in [2.45, 2.75) is 64.2 Å². The van der Waals surface area contributed by atoms with E-state index in [1.54, 1.807) is 0 Å². The van der Waals surface area contributed by atoms with Crippen LogP contribution >= 0.6 is 0 Å². The van der Waals surface area contributed by atoms with Gasteiger partial charge in [-0.1, -0.05) is 24.3 Å². The standard InChI is InChI=1S/C22H29N/c1-2-3-17-4-8-19(9-5-17)21-12-14-22(15-13-21)20-10-6-18(16-23)7-11-20/h2-3,6-7,10-11,17,19,21-22H,4-5,8-9,12-15H2,1H3/b3-2+. The molecule has 0 unspecified atom stereocenters. The third-order valence-corrected chi connectivity index (χ3v) is 6.23. The molecule has 2 aliphatic carbocycles. The van der Waals surface area contributed by atoms with Gasteiger partial charge in [-0.05, 0) is 99.7 Å². The summed E-state index contributed by atoms with van der Waals surface area (Å²) in [5, 5.41) is 8.92. The quantitative estimate of drug-likeness (QED) is 0.608. The number of nitrogens with zero attached hydrogens (tertiary/aromatic N) is 1. The van der Waals surface area contributed by atoms with Gasteiger partial charge in [-0.25, -0.2) is 0 Å². The average molecular weight is 307 g/mol. The zero-order chi connectivity index (χ0) is 16.1. The SMILES string of the molecule is C/C=C/C1CCC(C2CCC(c3ccc(C#N)cc3)CC2)CC1. The monoisotopic (exact) mass is 307 g/mol. The Morgan fingerprint density at radius 3 is 1.96 bits per heavy atom. The molecule has 23 heavy (non-hydrogen) atoms. The summed E-state index contributed by atoms with van der Waals surface area (Å²) < 4.78 is 0. The molecule has 1 heteroatoms. The minimum absolute atomic E-state index is 0.721. The van der Waals surface area contributed by atoms with Gasteiger partial charge in [0.15, 0.2) is 0 Å². The molecule has 1 aromatic carbocycles. The fourth-order valence-corrected chi connectivity index (χ4v) is 4.83. The zero-order valence-corrected chi connectivity index (χ0v) is 14.4. The maximum atomic E-state index is 8.92. The van der Waals surface area contributed by atoms with Crippen LogP contribution in [0.3, 0.4) is 0 Å². The van der Waals surface area contributed by atoms with Crippen LogP contribution in [0.1, 0.15) is 75.3 Å². The van der Waals surface area contributed by atoms with E-state index in [9.17, 15) is 0 Å². The van der Waals surface area contributed by atoms with Crippen molar-refractivity contribution in [3.8, 4) is 6.07 Å². The maximum absolute atomic E-state index is 8.92. The van der Waals surface area contributed by atoms with E-state index in [0.717, 1.165) is 29.2 Å². The highest BCUT2D eigenvalue weighted by Crippen LogP contribution is 2.44. The lowest BCUT2D eigenvalue weighted by Gasteiger charge is -2.37. The zero-order valence-electron chi connectivity index (χ0n) is 14.4. The molecule has 122 valence electrons. The number of nitriles is 1. The molecule has 0 spiro atoms. The third-order valence-electron chi connectivity index (χ3n) is 6.23. The summed E-state index contributed by atoms with van der Waals surface area (Å²) >= 11 is 0. The topological polar surface area (TPSA) is 23.8 Å². The molecule has 0 bridgehead atoms. The van der Waals surface area contributed by atoms with E-state index >= 15 is 0 Å². The molecule has 2 fully saturated rings. The van der Waals surface area contributed by atoms with Gasteiger partial charge in [0.2, 0.25) is 0 Å². The number of hydrogen-bond donors (Lipinski definition) is 0. The van der Waals surface area contributed by atoms with E-state index in [0.29, 0.717) is 0 Å². The second-order valence-corrected chi connectivity index (χ2v) is 7.55. The van der Waals surface area contributed by atoms with Crippen LogP contribution in [0.15, 0.2) is 36.4 Å². The Bertz CT molecular complexity index is 547. The lowest BCUT2D eigenvalue weighted by atomic mass is 9.68. The normalized spacial score (nSPS) is 31.8. The molecule has 0 heterocycles. The third kappa shape index (κ3) is 4.05. The molecule has 0 aliphatic heterocycles. The Hall–Kier alpha value is -1.55. The predicted octanol–water partition coefficient (Wildman–Crippen LogP) is 6.21. The Labute approximate surface area is 141 Å². The summed E-state index contributed by atoms with van der Waals surface area (Å²) in [5.41, 5.74) is 2.22. The Balaban J connectivity index is 1.49. The highest BCUT2D eigenvalue weighted by molar-refractivity contribution is 5.33. The smallest absolute Gasteiger partial charge is 0.0991 e. The highest BCUT2D eigenvalue weighted by Gasteiger charge is 2.30. The molecule has 1 aromatic rings. The summed E-state index contributed by atoms with van der Waals surface area (Å²) in [7, 11) is 0. The van der Waals surface area contributed by atoms with Crippen LogP contribution in [0.5, 0.6) is 0 Å². The van der Waals surface area contributed by atoms with Gasteiger partial charge in [0.1, 0.15) is 0 Å². The number of hydrogen-bond acceptors (Lipinski definition) is 1. The van der Waals surface area contributed by atoms with E-state index in [2.05, 4.69) is 37.3 Å². The molecule has 0 atom stereocenters. The van der Waals surface area contributed by atoms with Crippen molar-refractivity contribution in [3.05, 3.63) is 47.5 Å². The number of benzene rings is 1. The molecule has 2 aliphatic rings. The molecule has 0 amide bonds. The van der Waals surface area contributed by atoms with Crippen molar-refractivity contribution < 1.29 is 0 Å². The molecule has 0 aromatic heterocycles. The predicted molar refractivity (Wildman–Crippen MR) is 96.1 cm³/mol. The van der Waals surface area contributed by atoms with Gasteiger partial charge < -0.3 is 0 Å². The van der Waals surface area contributed by atoms with Crippen LogP contribution in [0.25, 0.3) is 0 Å². The van der Waals surface area contributed by atoms with Crippen LogP contribution in [0, 0.1) is 29.1 Å². The summed E-state index contributed by atoms with van der Waals surface area (Å²) in [6, 6.07) is 10.5. The summed E-state index contributed by atoms with van der Waals surface area (Å²) in [6.45, 7) is 2.15. The largest absolute Gasteiger partial charge is 0.192 e. The van der Waals surface area contributed by atoms with Gasteiger partial charge in [-0.2, -0.15) is 5.26 Å². The molecule has 0 saturated heterocycles. The van der Waals surface area contributed by atoms with Gasteiger partial charge in [0.25, 0.3) is 0 Å². The summed E-state index contributed by atoms with van der Waals surface area (Å²) in [4.78, 5) is 0. The fraction of sp³-hybridized carbons (Fsp3) is 0.591. The van der Waals surface area contributed by atoms with Gasteiger partial charge in [0, 0.05) is 0 Å². The molecule has 0 N–H and O–H groups in total. The van der Waals surface area contributed by atoms with Gasteiger partial charge in [0.05, 0.1) is 11.6 Å². The molecule has 2 saturated carbocycles. The van der Waals surface area contributed by atoms with Gasteiger partial charge >= 0.3 is 0 Å². The van der Waals surface area contributed by atoms with Crippen LogP contribution in [0.2, 0.25) is 0 Å². The average Bonchev–Trinajstić information content (AvgIpc) is 2.63. The molecular weight excluding hydrogens is 278 g/mol. The Morgan fingerprint density at radius 2 is 1.43 bits per heavy atom. The maximum Gasteiger partial charge on any atom is 0.0991 e. The lowest BCUT2D eigenvalue weighted by Crippen LogP contribution is -2.25. The summed E-state index contributed by atoms with van der Waals surface area (Å²) in [6.07, 6.45) is 15.8. The summed E-state index contributed by atoms with van der Waals surface area (Å²) in [5.74, 6) is 3.53. The Morgan fingerprint density at radius 1 is 0.870 bits per heavy atom. The van der Waals surface area contributed by atoms with E-state index in [-0.39, 0.29) is 0 Å². The van der Waals surface area contributed by atoms with Crippen LogP contribution in [0.4, 0.5) is 0 Å². The first-order chi connectivity index (χ1) is 11.3. The van der Waals surface area contributed by atoms with E-state index in [1.807, 2.05) is 12.1 Å². The number of allylic oxidation sites excluding steroid dienone is 2. The first-order valence-electron chi connectivity index (χ1n) is 9.43. The van der Waals surface area contributed by atoms with Gasteiger partial charge in [-0.15, -0.1) is 0 Å². The van der Waals surface area contributed by atoms with Crippen LogP contribution in [-0.2, 0) is 0 Å². The second-order valence-electron chi connectivity index (χ2n) is 7.55. The first-order valence-corrected chi connectivity index (χ1v) is 9.43. The Kier molecular flexibility index (Phi) is 5.55. The van der Waals surface area contributed by atoms with Crippen LogP contribution < -0.4 is 0 Å². The van der Waals surface area contributed by atoms with Crippen molar-refractivity contribution in [2.75, 3.05) is 0 Å². The van der Waals surface area contributed by atoms with Crippen molar-refractivity contribution in [1.29, 1.82) is 5.26 Å². The van der Waals surface area contributed by atoms with Crippen molar-refractivity contribution in [1.82, 2.24) is 0 Å². The molecular formula is C22H29N. The lowest BCUT2D eigenvalue weighted by molar-refractivity contribution is 0.171. The molecule has 0 radical (unpaired) electrons. The van der Waals surface area contributed by atoms with Crippen molar-refractivity contribution >= 4 is 0 Å². The number of rotatable bonds is 3. The highest BCUT2D eigenvalue weighted by atomic mass is 14.4. The van der Waals surface area contributed by atoms with Crippen molar-refractivity contribution in [3.63, 3.8) is 0 Å². The van der Waals surface area contributed by atoms with E-state index < -0.39 is 0 Å². The fourth-order valence-electron chi connectivity index (χ4n) is 4.83. The van der Waals surface area contributed by atoms with Crippen LogP contribution in [-0.4, -0.2) is 0 Å². The minimum Gasteiger partial charge on any atom is -0.192 e. The van der Waals surface area contributed by atoms with Crippen molar-refractivity contribution in [2.24, 2.45) is 17.8 Å². The molecule has 3 rings (SSSR count). The first kappa shape index (κ1) is 16.3. The van der Waals surface area contributed by atoms with E-state index in [4.69, 9.17) is 5.26 Å². The molecule has 1 nitrogen and oxygen atoms in total.